The van der Waals surface area contributed by atoms with Crippen molar-refractivity contribution >= 4 is 0 Å². The van der Waals surface area contributed by atoms with Gasteiger partial charge in [-0.1, -0.05) is 117 Å². The Bertz CT molecular complexity index is 212. The van der Waals surface area contributed by atoms with Gasteiger partial charge in [-0.15, -0.1) is 0 Å². The van der Waals surface area contributed by atoms with E-state index in [0.717, 1.165) is 19.3 Å². The topological polar surface area (TPSA) is 20.2 Å². The Hall–Kier alpha value is -0.0400. The van der Waals surface area contributed by atoms with Crippen molar-refractivity contribution in [1.29, 1.82) is 0 Å². The van der Waals surface area contributed by atoms with Gasteiger partial charge >= 0.3 is 0 Å². The van der Waals surface area contributed by atoms with Crippen LogP contribution in [0.5, 0.6) is 0 Å². The second-order valence-electron chi connectivity index (χ2n) is 7.72. The summed E-state index contributed by atoms with van der Waals surface area (Å²) in [4.78, 5) is 0. The van der Waals surface area contributed by atoms with E-state index in [4.69, 9.17) is 0 Å². The molecule has 0 aliphatic carbocycles. The van der Waals surface area contributed by atoms with Crippen LogP contribution >= 0.6 is 0 Å². The molecule has 0 aromatic heterocycles. The third kappa shape index (κ3) is 15.2. The Balaban J connectivity index is 3.94. The molecule has 0 atom stereocenters. The van der Waals surface area contributed by atoms with Crippen LogP contribution < -0.4 is 0 Å². The van der Waals surface area contributed by atoms with Crippen molar-refractivity contribution in [1.82, 2.24) is 0 Å². The molecule has 0 amide bonds. The van der Waals surface area contributed by atoms with E-state index in [0.29, 0.717) is 0 Å². The van der Waals surface area contributed by atoms with Gasteiger partial charge in [0.25, 0.3) is 0 Å². The van der Waals surface area contributed by atoms with E-state index >= 15 is 0 Å². The van der Waals surface area contributed by atoms with Crippen LogP contribution in [-0.2, 0) is 0 Å². The molecule has 0 unspecified atom stereocenters. The molecule has 0 aliphatic heterocycles. The molecular weight excluding hydrogens is 280 g/mol. The molecule has 1 heteroatoms. The van der Waals surface area contributed by atoms with Gasteiger partial charge in [0.1, 0.15) is 0 Å². The average molecular weight is 327 g/mol. The highest BCUT2D eigenvalue weighted by atomic mass is 16.3. The average Bonchev–Trinajstić information content (AvgIpc) is 2.55. The first-order valence-electron chi connectivity index (χ1n) is 10.9. The van der Waals surface area contributed by atoms with Crippen LogP contribution in [0.15, 0.2) is 0 Å². The summed E-state index contributed by atoms with van der Waals surface area (Å²) in [5, 5.41) is 11.1. The number of unbranched alkanes of at least 4 members (excludes halogenated alkanes) is 12. The molecule has 0 aliphatic rings. The third-order valence-electron chi connectivity index (χ3n) is 5.24. The predicted octanol–water partition coefficient (Wildman–Crippen LogP) is 7.80. The normalized spacial score (nSPS) is 12.0. The van der Waals surface area contributed by atoms with Crippen molar-refractivity contribution in [3.63, 3.8) is 0 Å². The summed E-state index contributed by atoms with van der Waals surface area (Å²) in [5.41, 5.74) is -0.356. The molecule has 0 radical (unpaired) electrons. The monoisotopic (exact) mass is 326 g/mol. The molecule has 0 spiro atoms. The minimum atomic E-state index is -0.356. The van der Waals surface area contributed by atoms with Crippen LogP contribution in [0.3, 0.4) is 0 Å². The summed E-state index contributed by atoms with van der Waals surface area (Å²) >= 11 is 0. The molecule has 0 saturated carbocycles. The maximum atomic E-state index is 11.1. The Morgan fingerprint density at radius 1 is 0.435 bits per heavy atom. The van der Waals surface area contributed by atoms with Crippen LogP contribution in [-0.4, -0.2) is 10.7 Å². The van der Waals surface area contributed by atoms with Crippen molar-refractivity contribution in [3.05, 3.63) is 0 Å². The van der Waals surface area contributed by atoms with Crippen LogP contribution in [0.4, 0.5) is 0 Å². The number of hydrogen-bond donors (Lipinski definition) is 1. The smallest absolute Gasteiger partial charge is 0.0647 e. The van der Waals surface area contributed by atoms with Crippen molar-refractivity contribution in [2.24, 2.45) is 0 Å². The summed E-state index contributed by atoms with van der Waals surface area (Å²) in [6, 6.07) is 0. The largest absolute Gasteiger partial charge is 0.390 e. The second-order valence-corrected chi connectivity index (χ2v) is 7.72. The lowest BCUT2D eigenvalue weighted by atomic mass is 9.85. The summed E-state index contributed by atoms with van der Waals surface area (Å²) in [5.74, 6) is 0. The predicted molar refractivity (Wildman–Crippen MR) is 105 cm³/mol. The van der Waals surface area contributed by atoms with E-state index in [9.17, 15) is 5.11 Å². The van der Waals surface area contributed by atoms with Gasteiger partial charge in [0.05, 0.1) is 5.60 Å². The number of rotatable bonds is 18. The lowest BCUT2D eigenvalue weighted by Gasteiger charge is -2.28. The fourth-order valence-corrected chi connectivity index (χ4v) is 3.55. The highest BCUT2D eigenvalue weighted by Gasteiger charge is 2.25. The van der Waals surface area contributed by atoms with Crippen LogP contribution in [0.25, 0.3) is 0 Å². The zero-order chi connectivity index (χ0) is 17.2. The van der Waals surface area contributed by atoms with Crippen molar-refractivity contribution in [2.75, 3.05) is 0 Å². The van der Waals surface area contributed by atoms with Crippen LogP contribution in [0, 0.1) is 0 Å². The molecule has 1 N–H and O–H groups in total. The van der Waals surface area contributed by atoms with E-state index in [1.165, 1.54) is 96.3 Å². The first kappa shape index (κ1) is 23.0. The fourth-order valence-electron chi connectivity index (χ4n) is 3.55. The van der Waals surface area contributed by atoms with Crippen molar-refractivity contribution in [3.8, 4) is 0 Å². The molecule has 0 bridgehead atoms. The molecule has 0 fully saturated rings. The molecule has 0 saturated heterocycles. The summed E-state index contributed by atoms with van der Waals surface area (Å²) in [6.07, 6.45) is 22.8. The number of hydrogen-bond acceptors (Lipinski definition) is 1. The minimum Gasteiger partial charge on any atom is -0.390 e. The van der Waals surface area contributed by atoms with E-state index in [1.54, 1.807) is 0 Å². The van der Waals surface area contributed by atoms with Crippen LogP contribution in [0.1, 0.15) is 136 Å². The Labute approximate surface area is 147 Å². The first-order valence-corrected chi connectivity index (χ1v) is 10.9. The van der Waals surface area contributed by atoms with Gasteiger partial charge in [0.15, 0.2) is 0 Å². The Morgan fingerprint density at radius 2 is 0.696 bits per heavy atom. The molecule has 0 heterocycles. The SMILES string of the molecule is CCCCCCCCCC(O)(CCCCCC)CCCCCC. The maximum absolute atomic E-state index is 11.1. The molecule has 1 nitrogen and oxygen atoms in total. The Kier molecular flexibility index (Phi) is 16.8. The molecule has 0 aromatic carbocycles. The quantitative estimate of drug-likeness (QED) is 0.255. The van der Waals surface area contributed by atoms with E-state index < -0.39 is 0 Å². The van der Waals surface area contributed by atoms with Crippen LogP contribution in [0.2, 0.25) is 0 Å². The third-order valence-corrected chi connectivity index (χ3v) is 5.24. The zero-order valence-electron chi connectivity index (χ0n) is 16.7. The standard InChI is InChI=1S/C22H46O/c1-4-7-10-13-14-15-18-21-22(23,19-16-11-8-5-2)20-17-12-9-6-3/h23H,4-21H2,1-3H3. The van der Waals surface area contributed by atoms with Gasteiger partial charge in [-0.05, 0) is 19.3 Å². The second kappa shape index (κ2) is 16.8. The maximum Gasteiger partial charge on any atom is 0.0647 e. The van der Waals surface area contributed by atoms with Gasteiger partial charge in [0.2, 0.25) is 0 Å². The molecule has 140 valence electrons. The van der Waals surface area contributed by atoms with Gasteiger partial charge in [0, 0.05) is 0 Å². The Morgan fingerprint density at radius 3 is 1.04 bits per heavy atom. The lowest BCUT2D eigenvalue weighted by molar-refractivity contribution is 0.00709. The van der Waals surface area contributed by atoms with Crippen molar-refractivity contribution < 1.29 is 5.11 Å². The fraction of sp³-hybridized carbons (Fsp3) is 1.00. The van der Waals surface area contributed by atoms with E-state index in [2.05, 4.69) is 20.8 Å². The highest BCUT2D eigenvalue weighted by molar-refractivity contribution is 4.78. The first-order chi connectivity index (χ1) is 11.2. The molecule has 0 rings (SSSR count). The van der Waals surface area contributed by atoms with Gasteiger partial charge in [-0.2, -0.15) is 0 Å². The summed E-state index contributed by atoms with van der Waals surface area (Å²) in [6.45, 7) is 6.79. The minimum absolute atomic E-state index is 0.356. The van der Waals surface area contributed by atoms with Gasteiger partial charge < -0.3 is 5.11 Å². The summed E-state index contributed by atoms with van der Waals surface area (Å²) < 4.78 is 0. The highest BCUT2D eigenvalue weighted by Crippen LogP contribution is 2.28. The molecular formula is C22H46O. The number of aliphatic hydroxyl groups is 1. The van der Waals surface area contributed by atoms with E-state index in [1.807, 2.05) is 0 Å². The van der Waals surface area contributed by atoms with E-state index in [-0.39, 0.29) is 5.60 Å². The van der Waals surface area contributed by atoms with Gasteiger partial charge in [-0.25, -0.2) is 0 Å². The summed E-state index contributed by atoms with van der Waals surface area (Å²) in [7, 11) is 0. The van der Waals surface area contributed by atoms with Crippen molar-refractivity contribution in [2.45, 2.75) is 142 Å². The van der Waals surface area contributed by atoms with Gasteiger partial charge in [-0.3, -0.25) is 0 Å². The zero-order valence-corrected chi connectivity index (χ0v) is 16.7. The lowest BCUT2D eigenvalue weighted by Crippen LogP contribution is -2.28. The molecule has 0 aromatic rings. The molecule has 23 heavy (non-hydrogen) atoms.